The number of ketones is 1. The highest BCUT2D eigenvalue weighted by atomic mass is 19.1. The summed E-state index contributed by atoms with van der Waals surface area (Å²) in [5.74, 6) is -3.19. The molecule has 11 heteroatoms. The number of rotatable bonds is 3. The summed E-state index contributed by atoms with van der Waals surface area (Å²) in [6, 6.07) is 3.42. The smallest absolute Gasteiger partial charge is 0.274 e. The maximum Gasteiger partial charge on any atom is 0.274 e. The molecule has 3 aliphatic heterocycles. The van der Waals surface area contributed by atoms with E-state index in [2.05, 4.69) is 10.5 Å². The molecule has 0 radical (unpaired) electrons. The van der Waals surface area contributed by atoms with E-state index in [4.69, 9.17) is 4.84 Å². The molecule has 2 amide bonds. The molecule has 4 heterocycles. The Labute approximate surface area is 205 Å². The molecule has 10 nitrogen and oxygen atoms in total. The lowest BCUT2D eigenvalue weighted by atomic mass is 9.83. The van der Waals surface area contributed by atoms with Gasteiger partial charge in [0.25, 0.3) is 11.8 Å². The summed E-state index contributed by atoms with van der Waals surface area (Å²) >= 11 is 0. The van der Waals surface area contributed by atoms with E-state index in [1.54, 1.807) is 13.0 Å². The molecule has 3 aliphatic rings. The zero-order valence-corrected chi connectivity index (χ0v) is 20.0. The minimum atomic E-state index is -1.44. The van der Waals surface area contributed by atoms with Crippen LogP contribution in [0.3, 0.4) is 0 Å². The largest absolute Gasteiger partial charge is 0.503 e. The third kappa shape index (κ3) is 3.41. The van der Waals surface area contributed by atoms with E-state index in [0.29, 0.717) is 12.0 Å². The first-order valence-electron chi connectivity index (χ1n) is 11.6. The minimum absolute atomic E-state index is 0.0689. The van der Waals surface area contributed by atoms with Crippen molar-refractivity contribution in [2.75, 3.05) is 6.54 Å². The Kier molecular flexibility index (Phi) is 5.46. The lowest BCUT2D eigenvalue weighted by molar-refractivity contribution is -0.140. The number of aromatic hydroxyl groups is 1. The summed E-state index contributed by atoms with van der Waals surface area (Å²) in [6.45, 7) is 4.96. The van der Waals surface area contributed by atoms with Gasteiger partial charge in [-0.05, 0) is 38.8 Å². The molecular formula is C25H25FN4O6. The Balaban J connectivity index is 1.57. The number of nitrogens with one attached hydrogen (secondary N) is 1. The van der Waals surface area contributed by atoms with Crippen molar-refractivity contribution >= 4 is 23.3 Å². The van der Waals surface area contributed by atoms with Gasteiger partial charge in [-0.1, -0.05) is 17.3 Å². The van der Waals surface area contributed by atoms with Crippen LogP contribution in [-0.2, 0) is 16.2 Å². The molecule has 0 aliphatic carbocycles. The van der Waals surface area contributed by atoms with E-state index < -0.39 is 46.0 Å². The van der Waals surface area contributed by atoms with Crippen molar-refractivity contribution in [1.82, 2.24) is 14.8 Å². The predicted octanol–water partition coefficient (Wildman–Crippen LogP) is 1.82. The van der Waals surface area contributed by atoms with Crippen LogP contribution in [0.15, 0.2) is 34.3 Å². The van der Waals surface area contributed by atoms with Gasteiger partial charge in [-0.15, -0.1) is 0 Å². The van der Waals surface area contributed by atoms with Crippen molar-refractivity contribution in [3.8, 4) is 5.75 Å². The molecular weight excluding hydrogens is 471 g/mol. The van der Waals surface area contributed by atoms with Crippen LogP contribution in [-0.4, -0.2) is 56.1 Å². The second kappa shape index (κ2) is 8.28. The summed E-state index contributed by atoms with van der Waals surface area (Å²) in [6.07, 6.45) is 1.86. The molecule has 1 saturated heterocycles. The van der Waals surface area contributed by atoms with Crippen molar-refractivity contribution in [3.05, 3.63) is 62.8 Å². The number of hydrogen-bond acceptors (Lipinski definition) is 7. The topological polar surface area (TPSA) is 130 Å². The standard InChI is InChI=1S/C25H25FN4O6/c1-12-4-5-15(17(26)8-12)9-27-23(34)16-10-30-18-11-29(24(35)19(30)21(32)20(16)31)13(2)6-7-25(18)22(33)14(3)28-36-25/h4-5,8,10,13,18,32H,6-7,9,11H2,1-3H3,(H,27,34)/t13-,18+,25-/m0/s1. The SMILES string of the molecule is CC1=NO[C@]2(CC[C@H](C)N3C[C@H]2n2cc(C(=O)NCc4ccc(C)cc4F)c(=O)c(O)c2C3=O)C1=O. The number of fused-ring (bicyclic) bond motifs is 5. The van der Waals surface area contributed by atoms with Crippen LogP contribution in [0, 0.1) is 12.7 Å². The summed E-state index contributed by atoms with van der Waals surface area (Å²) in [5, 5.41) is 17.2. The van der Waals surface area contributed by atoms with Gasteiger partial charge in [0.1, 0.15) is 23.1 Å². The highest BCUT2D eigenvalue weighted by molar-refractivity contribution is 6.43. The molecule has 0 saturated carbocycles. The molecule has 1 fully saturated rings. The van der Waals surface area contributed by atoms with Gasteiger partial charge in [-0.25, -0.2) is 4.39 Å². The zero-order chi connectivity index (χ0) is 25.9. The molecule has 5 rings (SSSR count). The lowest BCUT2D eigenvalue weighted by Crippen LogP contribution is -2.55. The average molecular weight is 496 g/mol. The Morgan fingerprint density at radius 3 is 2.72 bits per heavy atom. The summed E-state index contributed by atoms with van der Waals surface area (Å²) < 4.78 is 15.5. The normalized spacial score (nSPS) is 24.8. The molecule has 0 unspecified atom stereocenters. The molecule has 36 heavy (non-hydrogen) atoms. The first kappa shape index (κ1) is 23.7. The predicted molar refractivity (Wildman–Crippen MR) is 125 cm³/mol. The van der Waals surface area contributed by atoms with E-state index in [1.807, 2.05) is 6.92 Å². The monoisotopic (exact) mass is 496 g/mol. The molecule has 1 aromatic heterocycles. The maximum atomic E-state index is 14.2. The Hall–Kier alpha value is -4.02. The number of carbonyl (C=O) groups is 3. The van der Waals surface area contributed by atoms with E-state index in [1.165, 1.54) is 34.7 Å². The fraction of sp³-hybridized carbons (Fsp3) is 0.400. The molecule has 3 atom stereocenters. The molecule has 2 aromatic rings. The van der Waals surface area contributed by atoms with Gasteiger partial charge in [-0.2, -0.15) is 0 Å². The number of carbonyl (C=O) groups excluding carboxylic acids is 3. The van der Waals surface area contributed by atoms with Gasteiger partial charge in [0.15, 0.2) is 11.4 Å². The fourth-order valence-corrected chi connectivity index (χ4v) is 5.21. The zero-order valence-electron chi connectivity index (χ0n) is 20.0. The molecule has 2 bridgehead atoms. The number of hydrogen-bond donors (Lipinski definition) is 2. The van der Waals surface area contributed by atoms with Crippen LogP contribution >= 0.6 is 0 Å². The first-order valence-corrected chi connectivity index (χ1v) is 11.6. The minimum Gasteiger partial charge on any atom is -0.503 e. The van der Waals surface area contributed by atoms with Gasteiger partial charge in [0.05, 0.1) is 0 Å². The molecule has 188 valence electrons. The van der Waals surface area contributed by atoms with Crippen molar-refractivity contribution in [2.45, 2.75) is 57.8 Å². The van der Waals surface area contributed by atoms with Crippen LogP contribution in [0.4, 0.5) is 4.39 Å². The number of halogens is 1. The number of pyridine rings is 1. The molecule has 1 aromatic carbocycles. The van der Waals surface area contributed by atoms with Crippen molar-refractivity contribution in [3.63, 3.8) is 0 Å². The third-order valence-electron chi connectivity index (χ3n) is 7.33. The van der Waals surface area contributed by atoms with E-state index in [0.717, 1.165) is 0 Å². The maximum absolute atomic E-state index is 14.2. The summed E-state index contributed by atoms with van der Waals surface area (Å²) in [5.41, 5.74) is -2.12. The van der Waals surface area contributed by atoms with Crippen molar-refractivity contribution in [1.29, 1.82) is 0 Å². The van der Waals surface area contributed by atoms with E-state index in [9.17, 15) is 28.7 Å². The Morgan fingerprint density at radius 2 is 2.06 bits per heavy atom. The van der Waals surface area contributed by atoms with Crippen LogP contribution in [0.25, 0.3) is 0 Å². The number of oxime groups is 1. The number of aromatic nitrogens is 1. The quantitative estimate of drug-likeness (QED) is 0.667. The Morgan fingerprint density at radius 1 is 1.31 bits per heavy atom. The van der Waals surface area contributed by atoms with Crippen LogP contribution in [0.5, 0.6) is 5.75 Å². The molecule has 2 N–H and O–H groups in total. The highest BCUT2D eigenvalue weighted by Crippen LogP contribution is 2.44. The number of benzene rings is 1. The average Bonchev–Trinajstić information content (AvgIpc) is 3.05. The van der Waals surface area contributed by atoms with E-state index >= 15 is 0 Å². The van der Waals surface area contributed by atoms with Gasteiger partial charge in [-0.3, -0.25) is 19.2 Å². The van der Waals surface area contributed by atoms with Gasteiger partial charge >= 0.3 is 0 Å². The lowest BCUT2D eigenvalue weighted by Gasteiger charge is -2.41. The second-order valence-electron chi connectivity index (χ2n) is 9.60. The number of nitrogens with zero attached hydrogens (tertiary/aromatic N) is 3. The molecule has 1 spiro atoms. The highest BCUT2D eigenvalue weighted by Gasteiger charge is 2.58. The number of Topliss-reactive ketones (excluding diaryl/α,β-unsaturated/α-hetero) is 1. The van der Waals surface area contributed by atoms with Gasteiger partial charge < -0.3 is 24.7 Å². The fourth-order valence-electron chi connectivity index (χ4n) is 5.21. The third-order valence-corrected chi connectivity index (χ3v) is 7.33. The van der Waals surface area contributed by atoms with E-state index in [-0.39, 0.29) is 48.3 Å². The Bertz CT molecular complexity index is 1420. The first-order chi connectivity index (χ1) is 17.0. The van der Waals surface area contributed by atoms with Crippen LogP contribution < -0.4 is 10.7 Å². The summed E-state index contributed by atoms with van der Waals surface area (Å²) in [4.78, 5) is 59.6. The second-order valence-corrected chi connectivity index (χ2v) is 9.60. The summed E-state index contributed by atoms with van der Waals surface area (Å²) in [7, 11) is 0. The van der Waals surface area contributed by atoms with Crippen LogP contribution in [0.2, 0.25) is 0 Å². The van der Waals surface area contributed by atoms with Crippen molar-refractivity contribution < 1.29 is 28.7 Å². The van der Waals surface area contributed by atoms with Gasteiger partial charge in [0.2, 0.25) is 16.8 Å². The number of aryl methyl sites for hydroxylation is 1. The van der Waals surface area contributed by atoms with Gasteiger partial charge in [0, 0.05) is 37.3 Å². The van der Waals surface area contributed by atoms with Crippen LogP contribution in [0.1, 0.15) is 64.7 Å². The van der Waals surface area contributed by atoms with Crippen molar-refractivity contribution in [2.24, 2.45) is 5.16 Å². The number of amides is 2.